The standard InChI is InChI=1S/C20H24N4O/c1-23(2)18-13-20(16-6-4-3-5-15(16)18)7-11-24(12-8-20)19(25)17-14-21-9-10-22-17/h3-6,9-10,14,18H,7-8,11-13H2,1-2H3/t18-/m1/s1. The second kappa shape index (κ2) is 6.23. The van der Waals surface area contributed by atoms with Gasteiger partial charge in [0.15, 0.2) is 0 Å². The number of carbonyl (C=O) groups is 1. The molecule has 5 nitrogen and oxygen atoms in total. The molecule has 2 aliphatic rings. The van der Waals surface area contributed by atoms with E-state index in [1.54, 1.807) is 18.6 Å². The lowest BCUT2D eigenvalue weighted by Gasteiger charge is -2.40. The number of aromatic nitrogens is 2. The van der Waals surface area contributed by atoms with Gasteiger partial charge in [-0.1, -0.05) is 24.3 Å². The smallest absolute Gasteiger partial charge is 0.274 e. The van der Waals surface area contributed by atoms with Gasteiger partial charge in [0.2, 0.25) is 0 Å². The summed E-state index contributed by atoms with van der Waals surface area (Å²) in [4.78, 5) is 25.1. The molecule has 2 heterocycles. The van der Waals surface area contributed by atoms with Crippen LogP contribution in [0.25, 0.3) is 0 Å². The zero-order valence-electron chi connectivity index (χ0n) is 14.9. The molecule has 0 bridgehead atoms. The molecule has 5 heteroatoms. The van der Waals surface area contributed by atoms with E-state index in [0.29, 0.717) is 11.7 Å². The summed E-state index contributed by atoms with van der Waals surface area (Å²) < 4.78 is 0. The number of piperidine rings is 1. The van der Waals surface area contributed by atoms with E-state index < -0.39 is 0 Å². The van der Waals surface area contributed by atoms with Crippen LogP contribution in [0.3, 0.4) is 0 Å². The Hall–Kier alpha value is -2.27. The minimum atomic E-state index is -0.00149. The molecule has 2 aromatic rings. The Labute approximate surface area is 148 Å². The number of hydrogen-bond donors (Lipinski definition) is 0. The number of likely N-dealkylation sites (tertiary alicyclic amines) is 1. The first-order chi connectivity index (χ1) is 12.1. The molecular formula is C20H24N4O. The normalized spacial score (nSPS) is 21.6. The van der Waals surface area contributed by atoms with Crippen LogP contribution in [-0.2, 0) is 5.41 Å². The van der Waals surface area contributed by atoms with Crippen molar-refractivity contribution in [1.82, 2.24) is 19.8 Å². The van der Waals surface area contributed by atoms with Crippen LogP contribution in [-0.4, -0.2) is 52.9 Å². The second-order valence-electron chi connectivity index (χ2n) is 7.43. The number of carbonyl (C=O) groups excluding carboxylic acids is 1. The minimum absolute atomic E-state index is 0.00149. The molecular weight excluding hydrogens is 312 g/mol. The Kier molecular flexibility index (Phi) is 4.04. The molecule has 1 aromatic carbocycles. The van der Waals surface area contributed by atoms with Crippen LogP contribution in [0.5, 0.6) is 0 Å². The van der Waals surface area contributed by atoms with Gasteiger partial charge in [0.25, 0.3) is 5.91 Å². The Balaban J connectivity index is 1.55. The van der Waals surface area contributed by atoms with Crippen molar-refractivity contribution in [3.63, 3.8) is 0 Å². The highest BCUT2D eigenvalue weighted by Gasteiger charge is 2.46. The van der Waals surface area contributed by atoms with Crippen molar-refractivity contribution >= 4 is 5.91 Å². The quantitative estimate of drug-likeness (QED) is 0.846. The van der Waals surface area contributed by atoms with Gasteiger partial charge in [-0.05, 0) is 44.5 Å². The fraction of sp³-hybridized carbons (Fsp3) is 0.450. The van der Waals surface area contributed by atoms with E-state index in [1.165, 1.54) is 11.1 Å². The second-order valence-corrected chi connectivity index (χ2v) is 7.43. The van der Waals surface area contributed by atoms with Crippen LogP contribution in [0.15, 0.2) is 42.9 Å². The van der Waals surface area contributed by atoms with Crippen LogP contribution < -0.4 is 0 Å². The topological polar surface area (TPSA) is 49.3 Å². The Morgan fingerprint density at radius 3 is 2.64 bits per heavy atom. The summed E-state index contributed by atoms with van der Waals surface area (Å²) in [6.07, 6.45) is 7.90. The summed E-state index contributed by atoms with van der Waals surface area (Å²) >= 11 is 0. The SMILES string of the molecule is CN(C)[C@@H]1CC2(CCN(C(=O)c3cnccn3)CC2)c2ccccc21. The third-order valence-electron chi connectivity index (χ3n) is 5.89. The summed E-state index contributed by atoms with van der Waals surface area (Å²) in [6, 6.07) is 9.32. The van der Waals surface area contributed by atoms with Crippen LogP contribution >= 0.6 is 0 Å². The summed E-state index contributed by atoms with van der Waals surface area (Å²) in [5.41, 5.74) is 3.59. The first-order valence-electron chi connectivity index (χ1n) is 8.92. The third kappa shape index (κ3) is 2.72. The zero-order chi connectivity index (χ0) is 17.4. The van der Waals surface area contributed by atoms with Gasteiger partial charge in [0.05, 0.1) is 6.20 Å². The predicted molar refractivity (Wildman–Crippen MR) is 96.3 cm³/mol. The van der Waals surface area contributed by atoms with Crippen molar-refractivity contribution in [1.29, 1.82) is 0 Å². The molecule has 1 fully saturated rings. The Morgan fingerprint density at radius 1 is 1.20 bits per heavy atom. The van der Waals surface area contributed by atoms with Gasteiger partial charge in [0, 0.05) is 36.9 Å². The van der Waals surface area contributed by atoms with Crippen molar-refractivity contribution in [2.75, 3.05) is 27.2 Å². The molecule has 4 rings (SSSR count). The number of amides is 1. The lowest BCUT2D eigenvalue weighted by atomic mass is 9.73. The van der Waals surface area contributed by atoms with Crippen molar-refractivity contribution in [3.05, 3.63) is 59.7 Å². The van der Waals surface area contributed by atoms with Crippen molar-refractivity contribution < 1.29 is 4.79 Å². The number of fused-ring (bicyclic) bond motifs is 2. The third-order valence-corrected chi connectivity index (χ3v) is 5.89. The van der Waals surface area contributed by atoms with Gasteiger partial charge >= 0.3 is 0 Å². The fourth-order valence-electron chi connectivity index (χ4n) is 4.50. The van der Waals surface area contributed by atoms with Crippen LogP contribution in [0.4, 0.5) is 0 Å². The minimum Gasteiger partial charge on any atom is -0.337 e. The number of hydrogen-bond acceptors (Lipinski definition) is 4. The van der Waals surface area contributed by atoms with Gasteiger partial charge in [-0.25, -0.2) is 4.98 Å². The maximum Gasteiger partial charge on any atom is 0.274 e. The monoisotopic (exact) mass is 336 g/mol. The Bertz CT molecular complexity index is 766. The Morgan fingerprint density at radius 2 is 1.96 bits per heavy atom. The molecule has 0 radical (unpaired) electrons. The van der Waals surface area contributed by atoms with Crippen LogP contribution in [0.2, 0.25) is 0 Å². The van der Waals surface area contributed by atoms with Crippen molar-refractivity contribution in [3.8, 4) is 0 Å². The molecule has 0 unspecified atom stereocenters. The maximum absolute atomic E-state index is 12.6. The van der Waals surface area contributed by atoms with E-state index in [2.05, 4.69) is 53.2 Å². The van der Waals surface area contributed by atoms with E-state index in [-0.39, 0.29) is 11.3 Å². The maximum atomic E-state index is 12.6. The molecule has 0 N–H and O–H groups in total. The van der Waals surface area contributed by atoms with Crippen LogP contribution in [0.1, 0.15) is 46.9 Å². The molecule has 25 heavy (non-hydrogen) atoms. The zero-order valence-corrected chi connectivity index (χ0v) is 14.9. The summed E-state index contributed by atoms with van der Waals surface area (Å²) in [7, 11) is 4.32. The van der Waals surface area contributed by atoms with Gasteiger partial charge < -0.3 is 9.80 Å². The first-order valence-corrected chi connectivity index (χ1v) is 8.92. The number of benzene rings is 1. The molecule has 1 spiro atoms. The fourth-order valence-corrected chi connectivity index (χ4v) is 4.50. The molecule has 1 amide bonds. The molecule has 130 valence electrons. The van der Waals surface area contributed by atoms with Gasteiger partial charge in [0.1, 0.15) is 5.69 Å². The molecule has 0 saturated carbocycles. The summed E-state index contributed by atoms with van der Waals surface area (Å²) in [5.74, 6) is -0.00149. The summed E-state index contributed by atoms with van der Waals surface area (Å²) in [6.45, 7) is 1.56. The number of rotatable bonds is 2. The van der Waals surface area contributed by atoms with Crippen molar-refractivity contribution in [2.45, 2.75) is 30.7 Å². The van der Waals surface area contributed by atoms with Crippen molar-refractivity contribution in [2.24, 2.45) is 0 Å². The van der Waals surface area contributed by atoms with Gasteiger partial charge in [-0.15, -0.1) is 0 Å². The van der Waals surface area contributed by atoms with E-state index in [9.17, 15) is 4.79 Å². The van der Waals surface area contributed by atoms with E-state index in [1.807, 2.05) is 4.90 Å². The lowest BCUT2D eigenvalue weighted by molar-refractivity contribution is 0.0646. The van der Waals surface area contributed by atoms with Gasteiger partial charge in [-0.2, -0.15) is 0 Å². The average molecular weight is 336 g/mol. The largest absolute Gasteiger partial charge is 0.337 e. The molecule has 1 aliphatic carbocycles. The molecule has 1 saturated heterocycles. The lowest BCUT2D eigenvalue weighted by Crippen LogP contribution is -2.44. The number of nitrogens with zero attached hydrogens (tertiary/aromatic N) is 4. The highest BCUT2D eigenvalue weighted by atomic mass is 16.2. The van der Waals surface area contributed by atoms with E-state index in [0.717, 1.165) is 32.4 Å². The first kappa shape index (κ1) is 16.2. The average Bonchev–Trinajstić information content (AvgIpc) is 2.97. The molecule has 1 atom stereocenters. The highest BCUT2D eigenvalue weighted by Crippen LogP contribution is 2.52. The molecule has 1 aromatic heterocycles. The highest BCUT2D eigenvalue weighted by molar-refractivity contribution is 5.92. The van der Waals surface area contributed by atoms with Gasteiger partial charge in [-0.3, -0.25) is 9.78 Å². The summed E-state index contributed by atoms with van der Waals surface area (Å²) in [5, 5.41) is 0. The van der Waals surface area contributed by atoms with E-state index >= 15 is 0 Å². The van der Waals surface area contributed by atoms with Crippen LogP contribution in [0, 0.1) is 0 Å². The predicted octanol–water partition coefficient (Wildman–Crippen LogP) is 2.66. The molecule has 1 aliphatic heterocycles. The van der Waals surface area contributed by atoms with E-state index in [4.69, 9.17) is 0 Å².